The second-order valence-corrected chi connectivity index (χ2v) is 8.74. The second-order valence-electron chi connectivity index (χ2n) is 8.74. The number of hydrazine groups is 1. The number of aromatic nitrogens is 2. The molecule has 164 valence electrons. The first kappa shape index (κ1) is 20.6. The van der Waals surface area contributed by atoms with Crippen LogP contribution in [0.5, 0.6) is 0 Å². The number of fused-ring (bicyclic) bond motifs is 2. The van der Waals surface area contributed by atoms with Gasteiger partial charge in [0.25, 0.3) is 0 Å². The zero-order valence-corrected chi connectivity index (χ0v) is 17.8. The lowest BCUT2D eigenvalue weighted by Crippen LogP contribution is -2.64. The van der Waals surface area contributed by atoms with Crippen LogP contribution in [0.25, 0.3) is 22.0 Å². The summed E-state index contributed by atoms with van der Waals surface area (Å²) in [4.78, 5) is 12.3. The molecule has 0 bridgehead atoms. The third-order valence-corrected chi connectivity index (χ3v) is 7.07. The fourth-order valence-electron chi connectivity index (χ4n) is 5.55. The molecule has 0 radical (unpaired) electrons. The highest BCUT2D eigenvalue weighted by Crippen LogP contribution is 2.46. The van der Waals surface area contributed by atoms with Crippen LogP contribution in [0.1, 0.15) is 29.9 Å². The lowest BCUT2D eigenvalue weighted by atomic mass is 9.67. The summed E-state index contributed by atoms with van der Waals surface area (Å²) in [6.45, 7) is 0.310. The second kappa shape index (κ2) is 8.01. The number of rotatable bonds is 3. The number of nitrogens with two attached hydrogens (primary N) is 1. The summed E-state index contributed by atoms with van der Waals surface area (Å²) in [6.07, 6.45) is 1.37. The highest BCUT2D eigenvalue weighted by atomic mass is 19.1. The van der Waals surface area contributed by atoms with Gasteiger partial charge in [-0.25, -0.2) is 9.82 Å². The topological polar surface area (TPSA) is 109 Å². The van der Waals surface area contributed by atoms with Crippen LogP contribution in [0.15, 0.2) is 42.6 Å². The van der Waals surface area contributed by atoms with Gasteiger partial charge in [0.05, 0.1) is 23.4 Å². The van der Waals surface area contributed by atoms with Gasteiger partial charge in [0.1, 0.15) is 12.2 Å². The van der Waals surface area contributed by atoms with E-state index in [2.05, 4.69) is 22.0 Å². The van der Waals surface area contributed by atoms with Crippen LogP contribution in [0, 0.1) is 23.2 Å². The minimum absolute atomic E-state index is 0.130. The van der Waals surface area contributed by atoms with E-state index in [0.29, 0.717) is 18.5 Å². The van der Waals surface area contributed by atoms with Gasteiger partial charge in [-0.2, -0.15) is 10.4 Å². The molecule has 1 aliphatic carbocycles. The number of carbonyl (C=O) groups is 1. The number of nitrogens with one attached hydrogen (secondary N) is 2. The minimum atomic E-state index is -1.27. The Hall–Kier alpha value is -3.28. The first-order chi connectivity index (χ1) is 15.5. The minimum Gasteiger partial charge on any atom is -0.329 e. The zero-order chi connectivity index (χ0) is 22.4. The summed E-state index contributed by atoms with van der Waals surface area (Å²) in [5.41, 5.74) is 14.5. The number of nitriles is 1. The van der Waals surface area contributed by atoms with Gasteiger partial charge in [-0.1, -0.05) is 36.4 Å². The maximum Gasteiger partial charge on any atom is 0.240 e. The van der Waals surface area contributed by atoms with Crippen LogP contribution in [-0.2, 0) is 11.8 Å². The van der Waals surface area contributed by atoms with E-state index in [0.717, 1.165) is 27.6 Å². The molecule has 1 aromatic heterocycles. The van der Waals surface area contributed by atoms with Crippen molar-refractivity contribution in [2.24, 2.45) is 24.6 Å². The Labute approximate surface area is 185 Å². The molecule has 3 aromatic rings. The van der Waals surface area contributed by atoms with Crippen LogP contribution < -0.4 is 16.6 Å². The molecular formula is C24H25FN6O. The molecule has 5 atom stereocenters. The van der Waals surface area contributed by atoms with Crippen LogP contribution in [0.4, 0.5) is 4.39 Å². The summed E-state index contributed by atoms with van der Waals surface area (Å²) in [6, 6.07) is 13.9. The number of amides is 1. The van der Waals surface area contributed by atoms with E-state index in [1.165, 1.54) is 0 Å². The van der Waals surface area contributed by atoms with Gasteiger partial charge in [0, 0.05) is 36.1 Å². The maximum atomic E-state index is 15.3. The van der Waals surface area contributed by atoms with E-state index in [-0.39, 0.29) is 30.2 Å². The van der Waals surface area contributed by atoms with E-state index < -0.39 is 12.1 Å². The number of hydrogen-bond acceptors (Lipinski definition) is 5. The molecule has 2 heterocycles. The number of hydrogen-bond donors (Lipinski definition) is 3. The van der Waals surface area contributed by atoms with Crippen LogP contribution in [-0.4, -0.2) is 34.4 Å². The van der Waals surface area contributed by atoms with Crippen molar-refractivity contribution in [2.45, 2.75) is 31.0 Å². The summed E-state index contributed by atoms with van der Waals surface area (Å²) in [7, 11) is 1.84. The fourth-order valence-corrected chi connectivity index (χ4v) is 5.55. The third kappa shape index (κ3) is 3.17. The number of nitrogens with zero attached hydrogens (tertiary/aromatic N) is 3. The molecule has 7 nitrogen and oxygen atoms in total. The summed E-state index contributed by atoms with van der Waals surface area (Å²) >= 11 is 0. The fraction of sp³-hybridized carbons (Fsp3) is 0.375. The molecule has 2 fully saturated rings. The van der Waals surface area contributed by atoms with Crippen LogP contribution in [0.3, 0.4) is 0 Å². The van der Waals surface area contributed by atoms with E-state index in [1.54, 1.807) is 10.9 Å². The van der Waals surface area contributed by atoms with Crippen molar-refractivity contribution >= 4 is 16.7 Å². The van der Waals surface area contributed by atoms with Crippen molar-refractivity contribution in [3.63, 3.8) is 0 Å². The third-order valence-electron chi connectivity index (χ3n) is 7.07. The summed E-state index contributed by atoms with van der Waals surface area (Å²) in [5, 5.41) is 16.3. The number of benzene rings is 2. The molecule has 2 aromatic carbocycles. The summed E-state index contributed by atoms with van der Waals surface area (Å²) < 4.78 is 17.1. The van der Waals surface area contributed by atoms with Gasteiger partial charge in [-0.3, -0.25) is 14.9 Å². The first-order valence-electron chi connectivity index (χ1n) is 10.9. The standard InChI is InChI=1S/C24H25FN6O/c1-31-23(16-7-6-13-4-2-3-5-15(13)18(16)10-26)19(12-28-31)14-8-17-21(11-27)29-30-24(32)22(17)20(25)9-14/h2-7,12,14,17,20-22,29H,8-9,11,27H2,1H3,(H,30,32). The largest absolute Gasteiger partial charge is 0.329 e. The lowest BCUT2D eigenvalue weighted by Gasteiger charge is -2.44. The van der Waals surface area contributed by atoms with Crippen molar-refractivity contribution < 1.29 is 9.18 Å². The van der Waals surface area contributed by atoms with Crippen molar-refractivity contribution in [3.05, 3.63) is 53.7 Å². The number of carbonyl (C=O) groups excluding carboxylic acids is 1. The average Bonchev–Trinajstić information content (AvgIpc) is 3.19. The molecule has 5 unspecified atom stereocenters. The SMILES string of the molecule is Cn1ncc(C2CC(F)C3C(=O)NNC(CN)C3C2)c1-c1ccc2ccccc2c1C#N. The van der Waals surface area contributed by atoms with Crippen molar-refractivity contribution in [1.29, 1.82) is 5.26 Å². The van der Waals surface area contributed by atoms with E-state index in [1.807, 2.05) is 43.4 Å². The molecule has 4 N–H and O–H groups in total. The molecule has 1 amide bonds. The van der Waals surface area contributed by atoms with Crippen molar-refractivity contribution in [1.82, 2.24) is 20.6 Å². The molecule has 0 spiro atoms. The Morgan fingerprint density at radius 2 is 2.09 bits per heavy atom. The van der Waals surface area contributed by atoms with Gasteiger partial charge in [-0.15, -0.1) is 0 Å². The molecule has 32 heavy (non-hydrogen) atoms. The highest BCUT2D eigenvalue weighted by molar-refractivity contribution is 5.94. The first-order valence-corrected chi connectivity index (χ1v) is 10.9. The van der Waals surface area contributed by atoms with Gasteiger partial charge in [0.15, 0.2) is 0 Å². The molecule has 1 saturated heterocycles. The normalized spacial score (nSPS) is 27.6. The predicted molar refractivity (Wildman–Crippen MR) is 119 cm³/mol. The smallest absolute Gasteiger partial charge is 0.240 e. The number of aryl methyl sites for hydroxylation is 1. The molecule has 2 aliphatic rings. The molecule has 8 heteroatoms. The predicted octanol–water partition coefficient (Wildman–Crippen LogP) is 2.52. The quantitative estimate of drug-likeness (QED) is 0.589. The maximum absolute atomic E-state index is 15.3. The van der Waals surface area contributed by atoms with Crippen molar-refractivity contribution in [3.8, 4) is 17.3 Å². The molecule has 5 rings (SSSR count). The Kier molecular flexibility index (Phi) is 5.16. The monoisotopic (exact) mass is 432 g/mol. The Bertz CT molecular complexity index is 1230. The lowest BCUT2D eigenvalue weighted by molar-refractivity contribution is -0.137. The Balaban J connectivity index is 1.59. The van der Waals surface area contributed by atoms with Crippen LogP contribution in [0.2, 0.25) is 0 Å². The van der Waals surface area contributed by atoms with Crippen LogP contribution >= 0.6 is 0 Å². The molecule has 1 aliphatic heterocycles. The number of alkyl halides is 1. The Morgan fingerprint density at radius 1 is 1.28 bits per heavy atom. The zero-order valence-electron chi connectivity index (χ0n) is 17.8. The number of halogens is 1. The van der Waals surface area contributed by atoms with E-state index in [9.17, 15) is 10.1 Å². The Morgan fingerprint density at radius 3 is 2.88 bits per heavy atom. The molecular weight excluding hydrogens is 407 g/mol. The van der Waals surface area contributed by atoms with Gasteiger partial charge < -0.3 is 5.73 Å². The molecule has 1 saturated carbocycles. The van der Waals surface area contributed by atoms with E-state index in [4.69, 9.17) is 5.73 Å². The van der Waals surface area contributed by atoms with E-state index >= 15 is 4.39 Å². The average molecular weight is 433 g/mol. The summed E-state index contributed by atoms with van der Waals surface area (Å²) in [5.74, 6) is -1.34. The van der Waals surface area contributed by atoms with Gasteiger partial charge >= 0.3 is 0 Å². The van der Waals surface area contributed by atoms with Gasteiger partial charge in [-0.05, 0) is 30.1 Å². The van der Waals surface area contributed by atoms with Gasteiger partial charge in [0.2, 0.25) is 5.91 Å². The highest BCUT2D eigenvalue weighted by Gasteiger charge is 2.48. The van der Waals surface area contributed by atoms with Crippen molar-refractivity contribution in [2.75, 3.05) is 6.54 Å².